The maximum atomic E-state index is 11.3. The minimum Gasteiger partial charge on any atom is -0.463 e. The Morgan fingerprint density at radius 2 is 2.32 bits per heavy atom. The minimum atomic E-state index is -0.613. The lowest BCUT2D eigenvalue weighted by molar-refractivity contribution is 0.0587. The van der Waals surface area contributed by atoms with E-state index in [2.05, 4.69) is 20.9 Å². The van der Waals surface area contributed by atoms with Gasteiger partial charge in [-0.3, -0.25) is 0 Å². The number of thioether (sulfide) groups is 1. The molecule has 1 heterocycles. The molecule has 0 unspecified atom stereocenters. The number of esters is 1. The molecule has 1 aromatic carbocycles. The van der Waals surface area contributed by atoms with Crippen molar-refractivity contribution in [3.63, 3.8) is 0 Å². The molecular weight excluding hydrogens is 264 g/mol. The van der Waals surface area contributed by atoms with Gasteiger partial charge in [0.05, 0.1) is 18.4 Å². The number of benzene rings is 1. The zero-order valence-electron chi connectivity index (χ0n) is 10.3. The van der Waals surface area contributed by atoms with Gasteiger partial charge in [-0.25, -0.2) is 14.5 Å². The molecule has 0 N–H and O–H groups in total. The number of hydrogen-bond acceptors (Lipinski definition) is 6. The lowest BCUT2D eigenvalue weighted by Crippen LogP contribution is -2.06. The van der Waals surface area contributed by atoms with Gasteiger partial charge in [0.15, 0.2) is 0 Å². The quantitative estimate of drug-likeness (QED) is 0.625. The van der Waals surface area contributed by atoms with Crippen LogP contribution < -0.4 is 0 Å². The summed E-state index contributed by atoms with van der Waals surface area (Å²) >= 11 is 1.47. The number of rotatable bonds is 3. The highest BCUT2D eigenvalue weighted by Gasteiger charge is 2.15. The second kappa shape index (κ2) is 5.54. The fourth-order valence-corrected chi connectivity index (χ4v) is 2.13. The van der Waals surface area contributed by atoms with Crippen LogP contribution >= 0.6 is 11.8 Å². The fourth-order valence-electron chi connectivity index (χ4n) is 1.56. The smallest absolute Gasteiger partial charge is 0.377 e. The topological polar surface area (TPSA) is 80.8 Å². The molecule has 0 amide bonds. The summed E-state index contributed by atoms with van der Waals surface area (Å²) in [6.07, 6.45) is 3.27. The first-order valence-corrected chi connectivity index (χ1v) is 6.51. The lowest BCUT2D eigenvalue weighted by Gasteiger charge is -2.06. The first-order chi connectivity index (χ1) is 9.21. The van der Waals surface area contributed by atoms with Crippen LogP contribution in [0, 0.1) is 11.3 Å². The van der Waals surface area contributed by atoms with Gasteiger partial charge in [0.25, 0.3) is 5.82 Å². The van der Waals surface area contributed by atoms with Gasteiger partial charge in [-0.2, -0.15) is 5.26 Å². The molecular formula is C12H10N4O2S. The van der Waals surface area contributed by atoms with Crippen molar-refractivity contribution < 1.29 is 9.53 Å². The Labute approximate surface area is 114 Å². The van der Waals surface area contributed by atoms with Crippen molar-refractivity contribution in [2.24, 2.45) is 0 Å². The van der Waals surface area contributed by atoms with Crippen molar-refractivity contribution in [3.8, 4) is 11.8 Å². The van der Waals surface area contributed by atoms with Gasteiger partial charge in [-0.05, 0) is 18.4 Å². The van der Waals surface area contributed by atoms with Crippen LogP contribution in [0.5, 0.6) is 0 Å². The van der Waals surface area contributed by atoms with Gasteiger partial charge < -0.3 is 4.74 Å². The third-order valence-corrected chi connectivity index (χ3v) is 3.22. The number of aromatic nitrogens is 3. The highest BCUT2D eigenvalue weighted by Crippen LogP contribution is 2.24. The second-order valence-corrected chi connectivity index (χ2v) is 4.32. The van der Waals surface area contributed by atoms with E-state index in [1.165, 1.54) is 29.9 Å². The van der Waals surface area contributed by atoms with Crippen LogP contribution in [0.4, 0.5) is 0 Å². The number of carbonyl (C=O) groups is 1. The standard InChI is InChI=1S/C12H10N4O2S/c1-18-12(17)11-14-7-16(15-11)9-4-3-5-10(19-2)8(9)6-13/h3-5,7H,1-2H3. The van der Waals surface area contributed by atoms with Gasteiger partial charge in [0, 0.05) is 4.90 Å². The van der Waals surface area contributed by atoms with Crippen molar-refractivity contribution in [3.05, 3.63) is 35.9 Å². The highest BCUT2D eigenvalue weighted by molar-refractivity contribution is 7.98. The third kappa shape index (κ3) is 2.44. The summed E-state index contributed by atoms with van der Waals surface area (Å²) < 4.78 is 5.93. The third-order valence-electron chi connectivity index (χ3n) is 2.44. The van der Waals surface area contributed by atoms with Crippen LogP contribution in [0.1, 0.15) is 16.2 Å². The molecule has 96 valence electrons. The first-order valence-electron chi connectivity index (χ1n) is 5.28. The minimum absolute atomic E-state index is 0.0408. The van der Waals surface area contributed by atoms with Crippen molar-refractivity contribution in [2.75, 3.05) is 13.4 Å². The van der Waals surface area contributed by atoms with Crippen LogP contribution in [-0.2, 0) is 4.74 Å². The summed E-state index contributed by atoms with van der Waals surface area (Å²) in [4.78, 5) is 16.0. The summed E-state index contributed by atoms with van der Waals surface area (Å²) in [5, 5.41) is 13.2. The maximum Gasteiger partial charge on any atom is 0.377 e. The molecule has 2 aromatic rings. The molecule has 0 saturated carbocycles. The SMILES string of the molecule is COC(=O)c1ncn(-c2cccc(SC)c2C#N)n1. The molecule has 0 bridgehead atoms. The van der Waals surface area contributed by atoms with E-state index in [4.69, 9.17) is 0 Å². The maximum absolute atomic E-state index is 11.3. The zero-order valence-corrected chi connectivity index (χ0v) is 11.1. The number of methoxy groups -OCH3 is 1. The molecule has 0 spiro atoms. The molecule has 1 aromatic heterocycles. The van der Waals surface area contributed by atoms with E-state index in [1.54, 1.807) is 6.07 Å². The normalized spacial score (nSPS) is 9.95. The molecule has 19 heavy (non-hydrogen) atoms. The van der Waals surface area contributed by atoms with Gasteiger partial charge in [0.1, 0.15) is 12.4 Å². The summed E-state index contributed by atoms with van der Waals surface area (Å²) in [5.74, 6) is -0.653. The number of ether oxygens (including phenoxy) is 1. The second-order valence-electron chi connectivity index (χ2n) is 3.47. The summed E-state index contributed by atoms with van der Waals surface area (Å²) in [6, 6.07) is 7.56. The summed E-state index contributed by atoms with van der Waals surface area (Å²) in [6.45, 7) is 0. The number of nitriles is 1. The van der Waals surface area contributed by atoms with Crippen LogP contribution in [0.3, 0.4) is 0 Å². The lowest BCUT2D eigenvalue weighted by atomic mass is 10.2. The Kier molecular flexibility index (Phi) is 3.82. The Hall–Kier alpha value is -2.33. The molecule has 0 fully saturated rings. The predicted octanol–water partition coefficient (Wildman–Crippen LogP) is 1.65. The molecule has 2 rings (SSSR count). The molecule has 0 atom stereocenters. The van der Waals surface area contributed by atoms with Crippen LogP contribution in [0.2, 0.25) is 0 Å². The van der Waals surface area contributed by atoms with Gasteiger partial charge in [0.2, 0.25) is 0 Å². The van der Waals surface area contributed by atoms with E-state index < -0.39 is 5.97 Å². The van der Waals surface area contributed by atoms with Crippen LogP contribution in [0.15, 0.2) is 29.4 Å². The number of carbonyl (C=O) groups excluding carboxylic acids is 1. The Morgan fingerprint density at radius 1 is 1.53 bits per heavy atom. The number of nitrogens with zero attached hydrogens (tertiary/aromatic N) is 4. The molecule has 7 heteroatoms. The van der Waals surface area contributed by atoms with E-state index in [0.717, 1.165) is 4.90 Å². The van der Waals surface area contributed by atoms with Crippen molar-refractivity contribution in [2.45, 2.75) is 4.90 Å². The highest BCUT2D eigenvalue weighted by atomic mass is 32.2. The Bertz CT molecular complexity index is 660. The first kappa shape index (κ1) is 13.1. The largest absolute Gasteiger partial charge is 0.463 e. The summed E-state index contributed by atoms with van der Waals surface area (Å²) in [7, 11) is 1.26. The van der Waals surface area contributed by atoms with Crippen LogP contribution in [0.25, 0.3) is 5.69 Å². The number of hydrogen-bond donors (Lipinski definition) is 0. The van der Waals surface area contributed by atoms with E-state index in [-0.39, 0.29) is 5.82 Å². The molecule has 0 saturated heterocycles. The van der Waals surface area contributed by atoms with Crippen molar-refractivity contribution in [1.82, 2.24) is 14.8 Å². The Morgan fingerprint density at radius 3 is 2.95 bits per heavy atom. The molecule has 0 aliphatic rings. The van der Waals surface area contributed by atoms with Gasteiger partial charge in [-0.15, -0.1) is 16.9 Å². The van der Waals surface area contributed by atoms with Gasteiger partial charge >= 0.3 is 5.97 Å². The summed E-state index contributed by atoms with van der Waals surface area (Å²) in [5.41, 5.74) is 1.08. The molecule has 6 nitrogen and oxygen atoms in total. The van der Waals surface area contributed by atoms with Crippen molar-refractivity contribution in [1.29, 1.82) is 5.26 Å². The van der Waals surface area contributed by atoms with E-state index in [9.17, 15) is 10.1 Å². The fraction of sp³-hybridized carbons (Fsp3) is 0.167. The molecule has 0 aliphatic heterocycles. The Balaban J connectivity index is 2.51. The molecule has 0 radical (unpaired) electrons. The van der Waals surface area contributed by atoms with Gasteiger partial charge in [-0.1, -0.05) is 6.07 Å². The zero-order chi connectivity index (χ0) is 13.8. The van der Waals surface area contributed by atoms with Crippen molar-refractivity contribution >= 4 is 17.7 Å². The molecule has 0 aliphatic carbocycles. The van der Waals surface area contributed by atoms with Crippen LogP contribution in [-0.4, -0.2) is 34.1 Å². The van der Waals surface area contributed by atoms with E-state index >= 15 is 0 Å². The average molecular weight is 274 g/mol. The predicted molar refractivity (Wildman–Crippen MR) is 69.2 cm³/mol. The average Bonchev–Trinajstić information content (AvgIpc) is 2.95. The monoisotopic (exact) mass is 274 g/mol. The van der Waals surface area contributed by atoms with E-state index in [0.29, 0.717) is 11.3 Å². The van der Waals surface area contributed by atoms with E-state index in [1.807, 2.05) is 18.4 Å².